The van der Waals surface area contributed by atoms with Crippen molar-refractivity contribution >= 4 is 27.8 Å². The highest BCUT2D eigenvalue weighted by molar-refractivity contribution is 5.99. The summed E-state index contributed by atoms with van der Waals surface area (Å²) in [6.07, 6.45) is 7.12. The first-order valence-electron chi connectivity index (χ1n) is 11.4. The van der Waals surface area contributed by atoms with Gasteiger partial charge >= 0.3 is 0 Å². The molecule has 172 valence electrons. The van der Waals surface area contributed by atoms with Crippen LogP contribution >= 0.6 is 0 Å². The van der Waals surface area contributed by atoms with Crippen LogP contribution in [-0.4, -0.2) is 36.2 Å². The van der Waals surface area contributed by atoms with Gasteiger partial charge in [0.25, 0.3) is 0 Å². The second-order valence-electron chi connectivity index (χ2n) is 8.74. The van der Waals surface area contributed by atoms with E-state index in [0.717, 1.165) is 44.5 Å². The first kappa shape index (κ1) is 21.0. The van der Waals surface area contributed by atoms with Gasteiger partial charge in [-0.25, -0.2) is 14.4 Å². The molecule has 0 saturated heterocycles. The smallest absolute Gasteiger partial charge is 0.155 e. The number of hydrogen-bond donors (Lipinski definition) is 3. The van der Waals surface area contributed by atoms with Gasteiger partial charge in [-0.05, 0) is 49.7 Å². The number of nitrogens with zero attached hydrogens (tertiary/aromatic N) is 4. The zero-order valence-corrected chi connectivity index (χ0v) is 19.2. The number of benzene rings is 1. The molecular weight excluding hydrogens is 441 g/mol. The summed E-state index contributed by atoms with van der Waals surface area (Å²) in [7, 11) is 0. The lowest BCUT2D eigenvalue weighted by Crippen LogP contribution is -2.09. The van der Waals surface area contributed by atoms with Gasteiger partial charge in [0.2, 0.25) is 0 Å². The Morgan fingerprint density at radius 1 is 0.857 bits per heavy atom. The average Bonchev–Trinajstić information content (AvgIpc) is 3.47. The van der Waals surface area contributed by atoms with E-state index in [0.29, 0.717) is 22.9 Å². The fraction of sp³-hybridized carbons (Fsp3) is 0.111. The third-order valence-electron chi connectivity index (χ3n) is 5.89. The van der Waals surface area contributed by atoms with Gasteiger partial charge in [0.15, 0.2) is 5.65 Å². The van der Waals surface area contributed by atoms with Gasteiger partial charge in [-0.3, -0.25) is 10.1 Å². The van der Waals surface area contributed by atoms with Crippen molar-refractivity contribution < 1.29 is 4.39 Å². The Hall–Kier alpha value is -4.59. The summed E-state index contributed by atoms with van der Waals surface area (Å²) in [5, 5.41) is 12.6. The molecule has 0 aliphatic heterocycles. The van der Waals surface area contributed by atoms with Crippen LogP contribution in [0, 0.1) is 5.82 Å². The van der Waals surface area contributed by atoms with Crippen molar-refractivity contribution in [2.24, 2.45) is 0 Å². The minimum atomic E-state index is -0.274. The predicted molar refractivity (Wildman–Crippen MR) is 136 cm³/mol. The number of pyridine rings is 3. The van der Waals surface area contributed by atoms with Crippen LogP contribution in [0.4, 0.5) is 10.1 Å². The van der Waals surface area contributed by atoms with E-state index in [-0.39, 0.29) is 5.82 Å². The number of H-pyrrole nitrogens is 2. The average molecular weight is 464 g/mol. The highest BCUT2D eigenvalue weighted by atomic mass is 19.1. The maximum Gasteiger partial charge on any atom is 0.155 e. The monoisotopic (exact) mass is 463 g/mol. The summed E-state index contributed by atoms with van der Waals surface area (Å²) in [4.78, 5) is 16.8. The van der Waals surface area contributed by atoms with Gasteiger partial charge in [0, 0.05) is 58.3 Å². The van der Waals surface area contributed by atoms with Crippen molar-refractivity contribution in [1.82, 2.24) is 30.1 Å². The molecule has 5 aromatic heterocycles. The molecule has 0 unspecified atom stereocenters. The van der Waals surface area contributed by atoms with E-state index >= 15 is 0 Å². The number of fused-ring (bicyclic) bond motifs is 2. The first-order valence-corrected chi connectivity index (χ1v) is 11.4. The van der Waals surface area contributed by atoms with Gasteiger partial charge in [-0.15, -0.1) is 0 Å². The number of rotatable bonds is 5. The Morgan fingerprint density at radius 2 is 1.71 bits per heavy atom. The largest absolute Gasteiger partial charge is 0.382 e. The van der Waals surface area contributed by atoms with Crippen molar-refractivity contribution in [1.29, 1.82) is 0 Å². The molecular formula is C27H22FN7. The standard InChI is InChI=1S/C27H22FN7/c1-15(2)32-18-9-16(12-29-14-18)17-10-22-25(34-35-27(22)31-13-17)24-11-21-19(7-8-30-26(21)33-24)20-5-3-4-6-23(20)28/h3-15,32H,1-2H3,(H,30,33)(H,31,34,35). The number of aromatic amines is 2. The SMILES string of the molecule is CC(C)Nc1cncc(-c2cnc3[nH]nc(-c4cc5c(-c6ccccc6F)ccnc5[nH]4)c3c2)c1. The minimum absolute atomic E-state index is 0.274. The summed E-state index contributed by atoms with van der Waals surface area (Å²) >= 11 is 0. The lowest BCUT2D eigenvalue weighted by atomic mass is 10.0. The van der Waals surface area contributed by atoms with Crippen molar-refractivity contribution in [2.45, 2.75) is 19.9 Å². The summed E-state index contributed by atoms with van der Waals surface area (Å²) in [5.41, 5.74) is 6.97. The van der Waals surface area contributed by atoms with Crippen LogP contribution < -0.4 is 5.32 Å². The van der Waals surface area contributed by atoms with E-state index in [1.54, 1.807) is 18.3 Å². The lowest BCUT2D eigenvalue weighted by molar-refractivity contribution is 0.631. The predicted octanol–water partition coefficient (Wildman–Crippen LogP) is 6.19. The molecule has 0 aliphatic carbocycles. The number of nitrogens with one attached hydrogen (secondary N) is 3. The summed E-state index contributed by atoms with van der Waals surface area (Å²) < 4.78 is 14.5. The molecule has 0 saturated carbocycles. The Balaban J connectivity index is 1.46. The third-order valence-corrected chi connectivity index (χ3v) is 5.89. The van der Waals surface area contributed by atoms with Crippen LogP contribution in [0.1, 0.15) is 13.8 Å². The second-order valence-corrected chi connectivity index (χ2v) is 8.74. The molecule has 0 aliphatic rings. The highest BCUT2D eigenvalue weighted by Gasteiger charge is 2.16. The molecule has 0 fully saturated rings. The van der Waals surface area contributed by atoms with E-state index in [9.17, 15) is 4.39 Å². The molecule has 0 radical (unpaired) electrons. The van der Waals surface area contributed by atoms with Gasteiger partial charge < -0.3 is 10.3 Å². The number of anilines is 1. The topological polar surface area (TPSA) is 95.2 Å². The van der Waals surface area contributed by atoms with Crippen LogP contribution in [0.5, 0.6) is 0 Å². The molecule has 0 spiro atoms. The zero-order valence-electron chi connectivity index (χ0n) is 19.2. The third kappa shape index (κ3) is 3.78. The van der Waals surface area contributed by atoms with Gasteiger partial charge in [0.05, 0.1) is 11.4 Å². The molecule has 35 heavy (non-hydrogen) atoms. The molecule has 6 aromatic rings. The van der Waals surface area contributed by atoms with E-state index in [4.69, 9.17) is 0 Å². The number of hydrogen-bond acceptors (Lipinski definition) is 5. The molecule has 8 heteroatoms. The van der Waals surface area contributed by atoms with Gasteiger partial charge in [-0.2, -0.15) is 5.10 Å². The molecule has 6 rings (SSSR count). The Labute approximate surface area is 200 Å². The first-order chi connectivity index (χ1) is 17.1. The second kappa shape index (κ2) is 8.32. The Bertz CT molecular complexity index is 1680. The van der Waals surface area contributed by atoms with E-state index < -0.39 is 0 Å². The Kier molecular flexibility index (Phi) is 4.99. The van der Waals surface area contributed by atoms with Crippen molar-refractivity contribution in [3.05, 3.63) is 79.1 Å². The number of halogens is 1. The maximum atomic E-state index is 14.5. The van der Waals surface area contributed by atoms with Crippen LogP contribution in [-0.2, 0) is 0 Å². The van der Waals surface area contributed by atoms with Crippen LogP contribution in [0.25, 0.3) is 55.7 Å². The molecule has 5 heterocycles. The van der Waals surface area contributed by atoms with Crippen LogP contribution in [0.3, 0.4) is 0 Å². The molecule has 0 atom stereocenters. The zero-order chi connectivity index (χ0) is 23.9. The van der Waals surface area contributed by atoms with E-state index in [2.05, 4.69) is 55.4 Å². The van der Waals surface area contributed by atoms with E-state index in [1.165, 1.54) is 6.07 Å². The quantitative estimate of drug-likeness (QED) is 0.283. The Morgan fingerprint density at radius 3 is 2.57 bits per heavy atom. The summed E-state index contributed by atoms with van der Waals surface area (Å²) in [6, 6.07) is 14.9. The van der Waals surface area contributed by atoms with Crippen molar-refractivity contribution in [2.75, 3.05) is 5.32 Å². The van der Waals surface area contributed by atoms with Crippen molar-refractivity contribution in [3.63, 3.8) is 0 Å². The minimum Gasteiger partial charge on any atom is -0.382 e. The van der Waals surface area contributed by atoms with Gasteiger partial charge in [0.1, 0.15) is 17.2 Å². The summed E-state index contributed by atoms with van der Waals surface area (Å²) in [6.45, 7) is 4.18. The van der Waals surface area contributed by atoms with Gasteiger partial charge in [-0.1, -0.05) is 18.2 Å². The van der Waals surface area contributed by atoms with Crippen LogP contribution in [0.15, 0.2) is 73.3 Å². The molecule has 3 N–H and O–H groups in total. The molecule has 0 amide bonds. The number of aromatic nitrogens is 6. The van der Waals surface area contributed by atoms with Crippen molar-refractivity contribution in [3.8, 4) is 33.6 Å². The summed E-state index contributed by atoms with van der Waals surface area (Å²) in [5.74, 6) is -0.274. The maximum absolute atomic E-state index is 14.5. The molecule has 0 bridgehead atoms. The normalized spacial score (nSPS) is 11.5. The highest BCUT2D eigenvalue weighted by Crippen LogP contribution is 2.34. The molecule has 1 aromatic carbocycles. The fourth-order valence-electron chi connectivity index (χ4n) is 4.35. The molecule has 7 nitrogen and oxygen atoms in total. The van der Waals surface area contributed by atoms with E-state index in [1.807, 2.05) is 42.9 Å². The fourth-order valence-corrected chi connectivity index (χ4v) is 4.35. The lowest BCUT2D eigenvalue weighted by Gasteiger charge is -2.10. The van der Waals surface area contributed by atoms with Crippen LogP contribution in [0.2, 0.25) is 0 Å².